The van der Waals surface area contributed by atoms with Gasteiger partial charge in [-0.15, -0.1) is 0 Å². The number of para-hydroxylation sites is 1. The van der Waals surface area contributed by atoms with Crippen molar-refractivity contribution >= 4 is 43.7 Å². The number of anilines is 2. The SMILES string of the molecule is CS(=O)(=O)c1cccc2c(Nc3cc(O)ccc3Cl)ccnc12. The van der Waals surface area contributed by atoms with Crippen LogP contribution in [-0.2, 0) is 9.84 Å². The van der Waals surface area contributed by atoms with E-state index in [1.54, 1.807) is 24.3 Å². The number of benzene rings is 2. The van der Waals surface area contributed by atoms with Crippen LogP contribution in [0.25, 0.3) is 10.9 Å². The number of pyridine rings is 1. The fourth-order valence-electron chi connectivity index (χ4n) is 2.31. The van der Waals surface area contributed by atoms with Gasteiger partial charge in [0, 0.05) is 29.6 Å². The normalized spacial score (nSPS) is 11.6. The molecule has 0 saturated carbocycles. The first-order valence-corrected chi connectivity index (χ1v) is 8.96. The van der Waals surface area contributed by atoms with Crippen molar-refractivity contribution in [3.8, 4) is 5.75 Å². The molecule has 0 aliphatic heterocycles. The minimum atomic E-state index is -3.39. The number of aromatic nitrogens is 1. The molecule has 0 unspecified atom stereocenters. The number of aromatic hydroxyl groups is 1. The van der Waals surface area contributed by atoms with Crippen LogP contribution in [0.15, 0.2) is 53.6 Å². The minimum Gasteiger partial charge on any atom is -0.508 e. The molecular formula is C16H13ClN2O3S. The van der Waals surface area contributed by atoms with Gasteiger partial charge < -0.3 is 10.4 Å². The van der Waals surface area contributed by atoms with Crippen molar-refractivity contribution in [2.24, 2.45) is 0 Å². The Balaban J connectivity index is 2.18. The molecule has 0 bridgehead atoms. The van der Waals surface area contributed by atoms with Gasteiger partial charge in [0.25, 0.3) is 0 Å². The number of sulfone groups is 1. The predicted molar refractivity (Wildman–Crippen MR) is 91.3 cm³/mol. The molecule has 0 radical (unpaired) electrons. The lowest BCUT2D eigenvalue weighted by atomic mass is 10.2. The Kier molecular flexibility index (Phi) is 3.87. The second kappa shape index (κ2) is 5.72. The molecule has 3 aromatic rings. The second-order valence-corrected chi connectivity index (χ2v) is 7.46. The van der Waals surface area contributed by atoms with E-state index in [-0.39, 0.29) is 10.6 Å². The summed E-state index contributed by atoms with van der Waals surface area (Å²) in [6.45, 7) is 0. The molecule has 0 fully saturated rings. The Bertz CT molecular complexity index is 1000. The molecule has 3 rings (SSSR count). The number of phenols is 1. The van der Waals surface area contributed by atoms with Gasteiger partial charge in [0.1, 0.15) is 5.75 Å². The summed E-state index contributed by atoms with van der Waals surface area (Å²) in [6.07, 6.45) is 2.67. The highest BCUT2D eigenvalue weighted by atomic mass is 35.5. The molecule has 2 aromatic carbocycles. The monoisotopic (exact) mass is 348 g/mol. The average Bonchev–Trinajstić information content (AvgIpc) is 2.50. The Morgan fingerprint density at radius 1 is 1.13 bits per heavy atom. The topological polar surface area (TPSA) is 79.3 Å². The number of nitrogens with one attached hydrogen (secondary N) is 1. The van der Waals surface area contributed by atoms with Crippen molar-refractivity contribution in [3.63, 3.8) is 0 Å². The van der Waals surface area contributed by atoms with Crippen molar-refractivity contribution in [1.82, 2.24) is 4.98 Å². The molecule has 7 heteroatoms. The molecule has 5 nitrogen and oxygen atoms in total. The first kappa shape index (κ1) is 15.6. The smallest absolute Gasteiger partial charge is 0.177 e. The third-order valence-electron chi connectivity index (χ3n) is 3.35. The molecule has 0 spiro atoms. The lowest BCUT2D eigenvalue weighted by Crippen LogP contribution is -2.00. The van der Waals surface area contributed by atoms with Crippen molar-refractivity contribution < 1.29 is 13.5 Å². The van der Waals surface area contributed by atoms with Gasteiger partial charge in [-0.05, 0) is 24.3 Å². The van der Waals surface area contributed by atoms with Crippen molar-refractivity contribution in [1.29, 1.82) is 0 Å². The highest BCUT2D eigenvalue weighted by Gasteiger charge is 2.14. The maximum absolute atomic E-state index is 11.9. The van der Waals surface area contributed by atoms with Gasteiger partial charge in [-0.25, -0.2) is 8.42 Å². The average molecular weight is 349 g/mol. The number of hydrogen-bond donors (Lipinski definition) is 2. The highest BCUT2D eigenvalue weighted by Crippen LogP contribution is 2.33. The summed E-state index contributed by atoms with van der Waals surface area (Å²) in [5.41, 5.74) is 1.55. The molecule has 0 aliphatic carbocycles. The van der Waals surface area contributed by atoms with Crippen LogP contribution in [-0.4, -0.2) is 24.8 Å². The maximum atomic E-state index is 11.9. The summed E-state index contributed by atoms with van der Waals surface area (Å²) in [4.78, 5) is 4.36. The Hall–Kier alpha value is -2.31. The molecule has 23 heavy (non-hydrogen) atoms. The minimum absolute atomic E-state index is 0.0760. The molecule has 0 aliphatic rings. The van der Waals surface area contributed by atoms with Crippen molar-refractivity contribution in [3.05, 3.63) is 53.7 Å². The first-order chi connectivity index (χ1) is 10.9. The van der Waals surface area contributed by atoms with Crippen molar-refractivity contribution in [2.45, 2.75) is 4.90 Å². The van der Waals surface area contributed by atoms with E-state index in [2.05, 4.69) is 10.3 Å². The fourth-order valence-corrected chi connectivity index (χ4v) is 3.32. The standard InChI is InChI=1S/C16H13ClN2O3S/c1-23(21,22)15-4-2-3-11-13(7-8-18-16(11)15)19-14-9-10(20)5-6-12(14)17/h2-9,20H,1H3,(H,18,19). The van der Waals surface area contributed by atoms with E-state index in [9.17, 15) is 13.5 Å². The largest absolute Gasteiger partial charge is 0.508 e. The summed E-state index contributed by atoms with van der Waals surface area (Å²) >= 11 is 6.12. The summed E-state index contributed by atoms with van der Waals surface area (Å²) in [5, 5.41) is 13.8. The molecular weight excluding hydrogens is 336 g/mol. The quantitative estimate of drug-likeness (QED) is 0.753. The molecule has 0 saturated heterocycles. The van der Waals surface area contributed by atoms with Crippen LogP contribution in [0, 0.1) is 0 Å². The zero-order valence-corrected chi connectivity index (χ0v) is 13.7. The van der Waals surface area contributed by atoms with Gasteiger partial charge in [0.05, 0.1) is 21.1 Å². The number of nitrogens with zero attached hydrogens (tertiary/aromatic N) is 1. The van der Waals surface area contributed by atoms with E-state index < -0.39 is 9.84 Å². The fraction of sp³-hybridized carbons (Fsp3) is 0.0625. The van der Waals surface area contributed by atoms with Gasteiger partial charge in [-0.1, -0.05) is 23.7 Å². The zero-order chi connectivity index (χ0) is 16.6. The summed E-state index contributed by atoms with van der Waals surface area (Å²) in [5.74, 6) is 0.0760. The second-order valence-electron chi connectivity index (χ2n) is 5.07. The first-order valence-electron chi connectivity index (χ1n) is 6.69. The van der Waals surface area contributed by atoms with Gasteiger partial charge in [0.15, 0.2) is 9.84 Å². The van der Waals surface area contributed by atoms with Crippen LogP contribution in [0.2, 0.25) is 5.02 Å². The Morgan fingerprint density at radius 2 is 1.91 bits per heavy atom. The van der Waals surface area contributed by atoms with Crippen LogP contribution in [0.5, 0.6) is 5.75 Å². The molecule has 118 valence electrons. The zero-order valence-electron chi connectivity index (χ0n) is 12.1. The molecule has 1 heterocycles. The van der Waals surface area contributed by atoms with Crippen LogP contribution in [0.3, 0.4) is 0 Å². The highest BCUT2D eigenvalue weighted by molar-refractivity contribution is 7.91. The van der Waals surface area contributed by atoms with Gasteiger partial charge >= 0.3 is 0 Å². The van der Waals surface area contributed by atoms with E-state index in [1.807, 2.05) is 0 Å². The maximum Gasteiger partial charge on any atom is 0.177 e. The number of rotatable bonds is 3. The third-order valence-corrected chi connectivity index (χ3v) is 4.81. The lowest BCUT2D eigenvalue weighted by Gasteiger charge is -2.12. The van der Waals surface area contributed by atoms with Crippen molar-refractivity contribution in [2.75, 3.05) is 11.6 Å². The number of hydrogen-bond acceptors (Lipinski definition) is 5. The Morgan fingerprint density at radius 3 is 2.65 bits per heavy atom. The van der Waals surface area contributed by atoms with Crippen LogP contribution < -0.4 is 5.32 Å². The predicted octanol–water partition coefficient (Wildman–Crippen LogP) is 3.74. The molecule has 1 aromatic heterocycles. The molecule has 2 N–H and O–H groups in total. The third kappa shape index (κ3) is 3.09. The lowest BCUT2D eigenvalue weighted by molar-refractivity contribution is 0.475. The van der Waals surface area contributed by atoms with E-state index in [1.165, 1.54) is 24.4 Å². The van der Waals surface area contributed by atoms with Crippen LogP contribution >= 0.6 is 11.6 Å². The summed E-state index contributed by atoms with van der Waals surface area (Å²) < 4.78 is 23.8. The van der Waals surface area contributed by atoms with E-state index in [0.717, 1.165) is 6.26 Å². The van der Waals surface area contributed by atoms with E-state index in [0.29, 0.717) is 27.3 Å². The summed E-state index contributed by atoms with van der Waals surface area (Å²) in [7, 11) is -3.39. The van der Waals surface area contributed by atoms with Crippen LogP contribution in [0.4, 0.5) is 11.4 Å². The molecule has 0 amide bonds. The number of fused-ring (bicyclic) bond motifs is 1. The van der Waals surface area contributed by atoms with E-state index in [4.69, 9.17) is 11.6 Å². The van der Waals surface area contributed by atoms with Gasteiger partial charge in [0.2, 0.25) is 0 Å². The Labute approximate surface area is 138 Å². The number of phenolic OH excluding ortho intramolecular Hbond substituents is 1. The number of halogens is 1. The van der Waals surface area contributed by atoms with Crippen LogP contribution in [0.1, 0.15) is 0 Å². The molecule has 0 atom stereocenters. The summed E-state index contributed by atoms with van der Waals surface area (Å²) in [6, 6.07) is 11.2. The van der Waals surface area contributed by atoms with E-state index >= 15 is 0 Å². The van der Waals surface area contributed by atoms with Gasteiger partial charge in [-0.2, -0.15) is 0 Å². The van der Waals surface area contributed by atoms with Gasteiger partial charge in [-0.3, -0.25) is 4.98 Å².